The number of esters is 1. The number of hydrogen-bond donors (Lipinski definition) is 1. The number of anilines is 1. The molecule has 4 nitrogen and oxygen atoms in total. The SMILES string of the molecule is CCCCOC(=O)CNc1cccc(C)n1. The maximum Gasteiger partial charge on any atom is 0.325 e. The molecule has 1 aromatic rings. The normalized spacial score (nSPS) is 9.88. The van der Waals surface area contributed by atoms with E-state index in [-0.39, 0.29) is 12.5 Å². The van der Waals surface area contributed by atoms with E-state index in [0.717, 1.165) is 18.5 Å². The zero-order chi connectivity index (χ0) is 11.8. The fourth-order valence-electron chi connectivity index (χ4n) is 1.19. The zero-order valence-electron chi connectivity index (χ0n) is 9.82. The van der Waals surface area contributed by atoms with Crippen LogP contribution < -0.4 is 5.32 Å². The van der Waals surface area contributed by atoms with E-state index in [0.29, 0.717) is 12.4 Å². The van der Waals surface area contributed by atoms with Crippen LogP contribution in [-0.2, 0) is 9.53 Å². The third-order valence-electron chi connectivity index (χ3n) is 2.06. The summed E-state index contributed by atoms with van der Waals surface area (Å²) in [5.74, 6) is 0.462. The summed E-state index contributed by atoms with van der Waals surface area (Å²) < 4.78 is 5.01. The predicted octanol–water partition coefficient (Wildman–Crippen LogP) is 2.15. The summed E-state index contributed by atoms with van der Waals surface area (Å²) >= 11 is 0. The first-order valence-electron chi connectivity index (χ1n) is 5.55. The molecule has 1 heterocycles. The lowest BCUT2D eigenvalue weighted by Crippen LogP contribution is -2.18. The van der Waals surface area contributed by atoms with Crippen LogP contribution in [0.4, 0.5) is 5.82 Å². The maximum absolute atomic E-state index is 11.3. The molecular formula is C12H18N2O2. The van der Waals surface area contributed by atoms with Crippen LogP contribution in [0.2, 0.25) is 0 Å². The van der Waals surface area contributed by atoms with Crippen molar-refractivity contribution in [2.75, 3.05) is 18.5 Å². The van der Waals surface area contributed by atoms with Gasteiger partial charge in [0.1, 0.15) is 12.4 Å². The average Bonchev–Trinajstić information content (AvgIpc) is 2.27. The van der Waals surface area contributed by atoms with Crippen molar-refractivity contribution in [3.8, 4) is 0 Å². The van der Waals surface area contributed by atoms with E-state index in [1.165, 1.54) is 0 Å². The molecule has 0 aliphatic heterocycles. The number of aromatic nitrogens is 1. The van der Waals surface area contributed by atoms with Crippen LogP contribution in [0, 0.1) is 6.92 Å². The lowest BCUT2D eigenvalue weighted by atomic mass is 10.3. The molecule has 0 saturated heterocycles. The van der Waals surface area contributed by atoms with Crippen LogP contribution in [0.1, 0.15) is 25.5 Å². The zero-order valence-corrected chi connectivity index (χ0v) is 9.82. The van der Waals surface area contributed by atoms with Gasteiger partial charge in [-0.1, -0.05) is 19.4 Å². The molecule has 0 unspecified atom stereocenters. The van der Waals surface area contributed by atoms with E-state index >= 15 is 0 Å². The van der Waals surface area contributed by atoms with Gasteiger partial charge in [0.15, 0.2) is 0 Å². The van der Waals surface area contributed by atoms with Gasteiger partial charge in [-0.15, -0.1) is 0 Å². The van der Waals surface area contributed by atoms with E-state index in [1.54, 1.807) is 0 Å². The minimum atomic E-state index is -0.239. The van der Waals surface area contributed by atoms with Crippen LogP contribution in [0.3, 0.4) is 0 Å². The number of hydrogen-bond acceptors (Lipinski definition) is 4. The Kier molecular flexibility index (Phi) is 5.32. The van der Waals surface area contributed by atoms with Gasteiger partial charge in [-0.25, -0.2) is 4.98 Å². The Bertz CT molecular complexity index is 340. The fourth-order valence-corrected chi connectivity index (χ4v) is 1.19. The van der Waals surface area contributed by atoms with Gasteiger partial charge in [0.2, 0.25) is 0 Å². The molecule has 0 radical (unpaired) electrons. The van der Waals surface area contributed by atoms with E-state index in [2.05, 4.69) is 17.2 Å². The second-order valence-corrected chi connectivity index (χ2v) is 3.59. The first-order valence-corrected chi connectivity index (χ1v) is 5.55. The maximum atomic E-state index is 11.3. The molecule has 16 heavy (non-hydrogen) atoms. The molecule has 0 amide bonds. The van der Waals surface area contributed by atoms with Crippen LogP contribution >= 0.6 is 0 Å². The van der Waals surface area contributed by atoms with Gasteiger partial charge in [0.25, 0.3) is 0 Å². The third kappa shape index (κ3) is 4.77. The van der Waals surface area contributed by atoms with E-state index < -0.39 is 0 Å². The fraction of sp³-hybridized carbons (Fsp3) is 0.500. The number of ether oxygens (including phenoxy) is 1. The van der Waals surface area contributed by atoms with Crippen LogP contribution in [0.25, 0.3) is 0 Å². The highest BCUT2D eigenvalue weighted by molar-refractivity contribution is 5.74. The lowest BCUT2D eigenvalue weighted by molar-refractivity contribution is -0.141. The molecule has 0 atom stereocenters. The number of carbonyl (C=O) groups excluding carboxylic acids is 1. The molecule has 0 saturated carbocycles. The van der Waals surface area contributed by atoms with Crippen LogP contribution in [0.5, 0.6) is 0 Å². The smallest absolute Gasteiger partial charge is 0.325 e. The Morgan fingerprint density at radius 2 is 2.31 bits per heavy atom. The molecular weight excluding hydrogens is 204 g/mol. The second-order valence-electron chi connectivity index (χ2n) is 3.59. The molecule has 1 N–H and O–H groups in total. The van der Waals surface area contributed by atoms with Gasteiger partial charge >= 0.3 is 5.97 Å². The van der Waals surface area contributed by atoms with Gasteiger partial charge < -0.3 is 10.1 Å². The van der Waals surface area contributed by atoms with Crippen LogP contribution in [0.15, 0.2) is 18.2 Å². The van der Waals surface area contributed by atoms with Gasteiger partial charge in [-0.05, 0) is 25.5 Å². The highest BCUT2D eigenvalue weighted by Gasteiger charge is 2.02. The second kappa shape index (κ2) is 6.82. The van der Waals surface area contributed by atoms with Crippen molar-refractivity contribution in [3.05, 3.63) is 23.9 Å². The molecule has 0 fully saturated rings. The van der Waals surface area contributed by atoms with Gasteiger partial charge in [0.05, 0.1) is 6.61 Å². The summed E-state index contributed by atoms with van der Waals surface area (Å²) in [5.41, 5.74) is 0.921. The Hall–Kier alpha value is -1.58. The molecule has 0 aliphatic rings. The quantitative estimate of drug-likeness (QED) is 0.592. The summed E-state index contributed by atoms with van der Waals surface area (Å²) in [4.78, 5) is 15.5. The van der Waals surface area contributed by atoms with E-state index in [9.17, 15) is 4.79 Å². The molecule has 0 spiro atoms. The number of pyridine rings is 1. The van der Waals surface area contributed by atoms with Crippen molar-refractivity contribution < 1.29 is 9.53 Å². The number of nitrogens with zero attached hydrogens (tertiary/aromatic N) is 1. The summed E-state index contributed by atoms with van der Waals surface area (Å²) in [6.07, 6.45) is 1.94. The minimum Gasteiger partial charge on any atom is -0.464 e. The Morgan fingerprint density at radius 3 is 3.00 bits per heavy atom. The third-order valence-corrected chi connectivity index (χ3v) is 2.06. The van der Waals surface area contributed by atoms with E-state index in [4.69, 9.17) is 4.74 Å². The molecule has 1 rings (SSSR count). The Labute approximate surface area is 96.0 Å². The monoisotopic (exact) mass is 222 g/mol. The number of aryl methyl sites for hydroxylation is 1. The predicted molar refractivity (Wildman–Crippen MR) is 63.3 cm³/mol. The number of rotatable bonds is 6. The number of carbonyl (C=O) groups is 1. The molecule has 0 bridgehead atoms. The van der Waals surface area contributed by atoms with Crippen molar-refractivity contribution in [1.29, 1.82) is 0 Å². The first-order chi connectivity index (χ1) is 7.72. The summed E-state index contributed by atoms with van der Waals surface area (Å²) in [5, 5.41) is 2.93. The summed E-state index contributed by atoms with van der Waals surface area (Å²) in [6, 6.07) is 5.63. The molecule has 4 heteroatoms. The lowest BCUT2D eigenvalue weighted by Gasteiger charge is -2.06. The first kappa shape index (κ1) is 12.5. The van der Waals surface area contributed by atoms with Gasteiger partial charge in [0, 0.05) is 5.69 Å². The number of unbranched alkanes of at least 4 members (excludes halogenated alkanes) is 1. The highest BCUT2D eigenvalue weighted by atomic mass is 16.5. The Balaban J connectivity index is 2.26. The Morgan fingerprint density at radius 1 is 1.50 bits per heavy atom. The van der Waals surface area contributed by atoms with Crippen molar-refractivity contribution in [2.24, 2.45) is 0 Å². The average molecular weight is 222 g/mol. The molecule has 1 aromatic heterocycles. The largest absolute Gasteiger partial charge is 0.464 e. The standard InChI is InChI=1S/C12H18N2O2/c1-3-4-8-16-12(15)9-13-11-7-5-6-10(2)14-11/h5-7H,3-4,8-9H2,1-2H3,(H,13,14). The summed E-state index contributed by atoms with van der Waals surface area (Å²) in [7, 11) is 0. The van der Waals surface area contributed by atoms with Gasteiger partial charge in [-0.3, -0.25) is 4.79 Å². The topological polar surface area (TPSA) is 51.2 Å². The van der Waals surface area contributed by atoms with Crippen molar-refractivity contribution in [1.82, 2.24) is 4.98 Å². The molecule has 88 valence electrons. The van der Waals surface area contributed by atoms with Crippen molar-refractivity contribution in [3.63, 3.8) is 0 Å². The van der Waals surface area contributed by atoms with Crippen molar-refractivity contribution in [2.45, 2.75) is 26.7 Å². The minimum absolute atomic E-state index is 0.167. The molecule has 0 aliphatic carbocycles. The number of nitrogens with one attached hydrogen (secondary N) is 1. The summed E-state index contributed by atoms with van der Waals surface area (Å²) in [6.45, 7) is 4.63. The van der Waals surface area contributed by atoms with E-state index in [1.807, 2.05) is 25.1 Å². The van der Waals surface area contributed by atoms with Crippen LogP contribution in [-0.4, -0.2) is 24.1 Å². The molecule has 0 aromatic carbocycles. The van der Waals surface area contributed by atoms with Crippen molar-refractivity contribution >= 4 is 11.8 Å². The van der Waals surface area contributed by atoms with Gasteiger partial charge in [-0.2, -0.15) is 0 Å². The highest BCUT2D eigenvalue weighted by Crippen LogP contribution is 2.03.